The molecule has 10 fully saturated rings. The summed E-state index contributed by atoms with van der Waals surface area (Å²) < 4.78 is 22.3. The van der Waals surface area contributed by atoms with Gasteiger partial charge in [0.25, 0.3) is 0 Å². The first kappa shape index (κ1) is 123. The number of unbranched alkanes of at least 4 members (excludes halogenated alkanes) is 5. The van der Waals surface area contributed by atoms with Gasteiger partial charge in [0.05, 0.1) is 0 Å². The summed E-state index contributed by atoms with van der Waals surface area (Å²) in [7, 11) is 5.64. The van der Waals surface area contributed by atoms with Gasteiger partial charge in [0.2, 0.25) is 0 Å². The standard InChI is InChI=1S/C13H19N.C10H21N.C9H17N.3C9H19N.C7H12FN.C7H15N.C7H16.C5H12O.2C5H12.C4H10O.C4H10.C4H8/c1-12-7-9-14(10-8-12)11-13-5-3-2-4-6-13;1-3-4-7-11-8-5-10(2)6-9-11;1-8-4-6-10(7-5-8)9-2-3-9;2*1-3-6-10-7-4-9(2)5-8-10;1-3-6-10-7-4-5-9(2)8-10;1-7(8)4-9(5-7)6-2-3-6;1-7-3-5-8(2)6-4-7;1-5-6-7(2,3)4;1-3-4-5-6-2;1-4-5(2)3;1-3-5-4-2;1-3-4-5-2;2*1-3-4-2/h2-6,12H,7-11H2,1H3;10H,3-9H2,1-2H3;8-9H,2-7H2,1H3;3*9H,3-8H2,1-2H3;6H,2-5H2,1H3;7H,3-6H2,1-2H3;5-6H2,1-4H3;3-5H2,1-2H3;5H,4H2,1-3H3;3-5H2,1-2H3;3-4H2,1-2H3;3-4H2,1-2H3;3-4H,1-2H3/b;;;;;;;;;;;;;;4-3+/t;;;;;9-;;;;;;;;;/m.....1........./s1. The van der Waals surface area contributed by atoms with E-state index < -0.39 is 5.67 Å². The van der Waals surface area contributed by atoms with Gasteiger partial charge >= 0.3 is 0 Å². The number of halogens is 1. The lowest BCUT2D eigenvalue weighted by molar-refractivity contribution is -0.0227. The third-order valence-electron chi connectivity index (χ3n) is 24.4. The Morgan fingerprint density at radius 3 is 1.02 bits per heavy atom. The van der Waals surface area contributed by atoms with E-state index in [1.165, 1.54) is 335 Å². The number of ether oxygens (including phenoxy) is 2. The molecule has 1 aromatic carbocycles. The molecule has 0 bridgehead atoms. The summed E-state index contributed by atoms with van der Waals surface area (Å²) in [5.74, 6) is 7.67. The number of likely N-dealkylation sites (tertiary alicyclic amines) is 8. The molecule has 1 atom stereocenters. The summed E-state index contributed by atoms with van der Waals surface area (Å²) in [5.41, 5.74) is 1.14. The largest absolute Gasteiger partial charge is 0.385 e. The molecule has 0 spiro atoms. The van der Waals surface area contributed by atoms with E-state index in [0.717, 1.165) is 85.6 Å². The van der Waals surface area contributed by atoms with Crippen LogP contribution in [0.5, 0.6) is 0 Å². The highest BCUT2D eigenvalue weighted by atomic mass is 19.1. The Morgan fingerprint density at radius 2 is 0.754 bits per heavy atom. The van der Waals surface area contributed by atoms with Crippen molar-refractivity contribution >= 4 is 0 Å². The quantitative estimate of drug-likeness (QED) is 0.0782. The second-order valence-corrected chi connectivity index (χ2v) is 39.9. The average molecular weight is 1670 g/mol. The molecule has 708 valence electrons. The van der Waals surface area contributed by atoms with Gasteiger partial charge in [-0.25, -0.2) is 4.39 Å². The Morgan fingerprint density at radius 1 is 0.398 bits per heavy atom. The zero-order chi connectivity index (χ0) is 89.6. The van der Waals surface area contributed by atoms with Gasteiger partial charge in [-0.05, 0) is 358 Å². The lowest BCUT2D eigenvalue weighted by atomic mass is 9.91. The Labute approximate surface area is 744 Å². The molecule has 2 saturated carbocycles. The Balaban J connectivity index is -0.000000598. The Hall–Kier alpha value is -1.51. The van der Waals surface area contributed by atoms with Crippen LogP contribution in [0.1, 0.15) is 411 Å². The van der Waals surface area contributed by atoms with E-state index in [2.05, 4.69) is 243 Å². The van der Waals surface area contributed by atoms with Crippen molar-refractivity contribution in [3.8, 4) is 0 Å². The third-order valence-corrected chi connectivity index (χ3v) is 24.4. The fourth-order valence-corrected chi connectivity index (χ4v) is 14.8. The summed E-state index contributed by atoms with van der Waals surface area (Å²) >= 11 is 0. The number of methoxy groups -OCH3 is 2. The van der Waals surface area contributed by atoms with Crippen LogP contribution in [0, 0.1) is 52.8 Å². The van der Waals surface area contributed by atoms with Gasteiger partial charge < -0.3 is 38.9 Å². The van der Waals surface area contributed by atoms with Gasteiger partial charge in [-0.3, -0.25) is 9.80 Å². The second-order valence-electron chi connectivity index (χ2n) is 39.9. The molecule has 11 rings (SSSR count). The SMILES string of the molecule is C/C=C/C.CC1(F)CN(C2CC2)C1.CC1CCN(C)CC1.CC1CCN(C2CC2)CC1.CC1CCN(Cc2ccccc2)CC1.CCC(C)C.CCCC.CCCC(C)(C)C.CCCCC.CCCCN1CCC(C)CC1.CCCCOC.CCCN1CCC(C)CC1.CCCN1CCC(C)CC1.CCCN1CCC[C@@H](C)C1.CCCOC. The summed E-state index contributed by atoms with van der Waals surface area (Å²) in [5, 5.41) is 0. The van der Waals surface area contributed by atoms with Crippen molar-refractivity contribution in [1.29, 1.82) is 0 Å². The topological polar surface area (TPSA) is 44.4 Å². The number of hydrogen-bond acceptors (Lipinski definition) is 10. The fraction of sp³-hybridized carbons (Fsp3) is 0.925. The molecule has 8 saturated heterocycles. The maximum Gasteiger partial charge on any atom is 0.133 e. The summed E-state index contributed by atoms with van der Waals surface area (Å²) in [6.07, 6.45) is 50.2. The van der Waals surface area contributed by atoms with Crippen LogP contribution in [0.4, 0.5) is 4.39 Å². The molecular weight excluding hydrogens is 1450 g/mol. The van der Waals surface area contributed by atoms with Crippen LogP contribution in [0.25, 0.3) is 0 Å². The van der Waals surface area contributed by atoms with Gasteiger partial charge in [-0.2, -0.15) is 0 Å². The minimum Gasteiger partial charge on any atom is -0.385 e. The maximum absolute atomic E-state index is 12.8. The zero-order valence-corrected chi connectivity index (χ0v) is 86.4. The molecule has 0 unspecified atom stereocenters. The average Bonchev–Trinajstić information content (AvgIpc) is 1.75. The van der Waals surface area contributed by atoms with Gasteiger partial charge in [-0.15, -0.1) is 0 Å². The summed E-state index contributed by atoms with van der Waals surface area (Å²) in [6, 6.07) is 12.5. The smallest absolute Gasteiger partial charge is 0.133 e. The fourth-order valence-electron chi connectivity index (χ4n) is 14.8. The lowest BCUT2D eigenvalue weighted by Gasteiger charge is -2.42. The summed E-state index contributed by atoms with van der Waals surface area (Å²) in [4.78, 5) is 20.3. The first-order valence-corrected chi connectivity index (χ1v) is 51.4. The molecule has 2 aliphatic carbocycles. The van der Waals surface area contributed by atoms with Crippen molar-refractivity contribution < 1.29 is 13.9 Å². The Kier molecular flexibility index (Phi) is 88.4. The molecule has 0 amide bonds. The van der Waals surface area contributed by atoms with E-state index in [9.17, 15) is 4.39 Å². The first-order chi connectivity index (χ1) is 56.4. The minimum absolute atomic E-state index is 0.550. The van der Waals surface area contributed by atoms with Crippen LogP contribution >= 0.6 is 0 Å². The zero-order valence-electron chi connectivity index (χ0n) is 86.4. The number of allylic oxidation sites excluding steroid dienone is 2. The molecule has 10 aliphatic rings. The van der Waals surface area contributed by atoms with E-state index in [1.54, 1.807) is 21.1 Å². The molecule has 0 aromatic heterocycles. The van der Waals surface area contributed by atoms with E-state index >= 15 is 0 Å². The normalized spacial score (nSPS) is 20.7. The third kappa shape index (κ3) is 84.0. The van der Waals surface area contributed by atoms with Gasteiger partial charge in [0.1, 0.15) is 5.67 Å². The van der Waals surface area contributed by atoms with E-state index in [1.807, 2.05) is 26.0 Å². The number of hydrogen-bond donors (Lipinski definition) is 0. The van der Waals surface area contributed by atoms with E-state index in [-0.39, 0.29) is 0 Å². The monoisotopic (exact) mass is 1670 g/mol. The highest BCUT2D eigenvalue weighted by Gasteiger charge is 2.45. The molecule has 11 heteroatoms. The van der Waals surface area contributed by atoms with E-state index in [4.69, 9.17) is 9.47 Å². The van der Waals surface area contributed by atoms with Crippen molar-refractivity contribution in [3.63, 3.8) is 0 Å². The minimum atomic E-state index is -0.859. The molecule has 10 nitrogen and oxygen atoms in total. The van der Waals surface area contributed by atoms with Crippen LogP contribution in [0.2, 0.25) is 0 Å². The molecule has 8 heterocycles. The van der Waals surface area contributed by atoms with Crippen molar-refractivity contribution in [2.24, 2.45) is 52.8 Å². The van der Waals surface area contributed by atoms with Crippen LogP contribution < -0.4 is 0 Å². The predicted octanol–water partition coefficient (Wildman–Crippen LogP) is 29.2. The molecular formula is C107H221FN8O2. The maximum atomic E-state index is 12.8. The van der Waals surface area contributed by atoms with Crippen LogP contribution in [0.15, 0.2) is 42.5 Å². The number of piperidine rings is 7. The van der Waals surface area contributed by atoms with Gasteiger partial charge in [-0.1, -0.05) is 266 Å². The van der Waals surface area contributed by atoms with Crippen molar-refractivity contribution in [3.05, 3.63) is 48.0 Å². The van der Waals surface area contributed by atoms with Crippen molar-refractivity contribution in [1.82, 2.24) is 39.2 Å². The van der Waals surface area contributed by atoms with Crippen LogP contribution in [-0.2, 0) is 16.0 Å². The van der Waals surface area contributed by atoms with Gasteiger partial charge in [0, 0.05) is 65.7 Å². The Bertz CT molecular complexity index is 2040. The molecule has 0 N–H and O–H groups in total. The first-order valence-electron chi connectivity index (χ1n) is 51.4. The molecule has 118 heavy (non-hydrogen) atoms. The number of nitrogens with zero attached hydrogens (tertiary/aromatic N) is 8. The molecule has 0 radical (unpaired) electrons. The number of alkyl halides is 1. The summed E-state index contributed by atoms with van der Waals surface area (Å²) in [6.45, 7) is 88.2. The predicted molar refractivity (Wildman–Crippen MR) is 533 cm³/mol. The van der Waals surface area contributed by atoms with Crippen LogP contribution in [-0.4, -0.2) is 222 Å². The highest BCUT2D eigenvalue weighted by Crippen LogP contribution is 2.36. The molecule has 1 aromatic rings. The highest BCUT2D eigenvalue weighted by molar-refractivity contribution is 5.14. The van der Waals surface area contributed by atoms with Gasteiger partial charge in [0.15, 0.2) is 0 Å². The second kappa shape index (κ2) is 85.0. The molecule has 8 aliphatic heterocycles. The van der Waals surface area contributed by atoms with E-state index in [0.29, 0.717) is 18.5 Å². The van der Waals surface area contributed by atoms with Crippen molar-refractivity contribution in [2.45, 2.75) is 430 Å². The van der Waals surface area contributed by atoms with Crippen molar-refractivity contribution in [2.75, 3.05) is 165 Å². The number of benzene rings is 1. The van der Waals surface area contributed by atoms with Crippen LogP contribution in [0.3, 0.4) is 0 Å². The number of rotatable bonds is 23. The lowest BCUT2D eigenvalue weighted by Crippen LogP contribution is -2.57.